The molecule has 0 aromatic heterocycles. The second kappa shape index (κ2) is 4.88. The van der Waals surface area contributed by atoms with Crippen LogP contribution in [-0.2, 0) is 6.54 Å². The number of aromatic nitrogens is 2. The van der Waals surface area contributed by atoms with Gasteiger partial charge in [-0.15, -0.1) is 0 Å². The Labute approximate surface area is 124 Å². The van der Waals surface area contributed by atoms with Crippen molar-refractivity contribution in [1.82, 2.24) is 9.55 Å². The monoisotopic (exact) mass is 274 g/mol. The summed E-state index contributed by atoms with van der Waals surface area (Å²) in [6.45, 7) is 3.29. The van der Waals surface area contributed by atoms with Crippen molar-refractivity contribution in [3.63, 3.8) is 0 Å². The molecule has 2 aliphatic heterocycles. The fourth-order valence-corrected chi connectivity index (χ4v) is 3.15. The van der Waals surface area contributed by atoms with Crippen LogP contribution < -0.4 is 0 Å². The van der Waals surface area contributed by atoms with E-state index >= 15 is 0 Å². The van der Waals surface area contributed by atoms with Gasteiger partial charge in [-0.25, -0.2) is 4.98 Å². The zero-order valence-electron chi connectivity index (χ0n) is 12.2. The molecule has 2 aliphatic rings. The molecule has 0 unspecified atom stereocenters. The third-order valence-electron chi connectivity index (χ3n) is 4.17. The Morgan fingerprint density at radius 2 is 1.81 bits per heavy atom. The molecule has 0 N–H and O–H groups in total. The summed E-state index contributed by atoms with van der Waals surface area (Å²) in [5, 5.41) is 2.53. The average Bonchev–Trinajstić information content (AvgIpc) is 2.89. The number of nitrogens with zero attached hydrogens (tertiary/aromatic N) is 2. The lowest BCUT2D eigenvalue weighted by molar-refractivity contribution is 0.652. The maximum atomic E-state index is 4.81. The molecule has 0 saturated carbocycles. The maximum absolute atomic E-state index is 4.81. The molecule has 0 amide bonds. The summed E-state index contributed by atoms with van der Waals surface area (Å²) in [4.78, 5) is 4.81. The van der Waals surface area contributed by atoms with Crippen LogP contribution in [0.1, 0.15) is 19.8 Å². The molecule has 2 aromatic carbocycles. The molecule has 0 radical (unpaired) electrons. The largest absolute Gasteiger partial charge is 0.339 e. The number of hydrogen-bond acceptors (Lipinski definition) is 1. The zero-order chi connectivity index (χ0) is 14.2. The van der Waals surface area contributed by atoms with E-state index in [1.165, 1.54) is 34.8 Å². The number of unbranched alkanes of at least 4 members (excludes halogenated alkanes) is 1. The van der Waals surface area contributed by atoms with Gasteiger partial charge >= 0.3 is 0 Å². The number of benzene rings is 2. The molecule has 2 aromatic rings. The predicted molar refractivity (Wildman–Crippen MR) is 88.8 cm³/mol. The number of aryl methyl sites for hydroxylation is 1. The highest BCUT2D eigenvalue weighted by Crippen LogP contribution is 2.34. The van der Waals surface area contributed by atoms with Gasteiger partial charge in [0.25, 0.3) is 0 Å². The lowest BCUT2D eigenvalue weighted by Crippen LogP contribution is -2.05. The van der Waals surface area contributed by atoms with Gasteiger partial charge < -0.3 is 4.57 Å². The number of para-hydroxylation sites is 2. The fourth-order valence-electron chi connectivity index (χ4n) is 3.15. The second-order valence-electron chi connectivity index (χ2n) is 5.57. The summed E-state index contributed by atoms with van der Waals surface area (Å²) in [7, 11) is 0. The molecule has 0 fully saturated rings. The maximum Gasteiger partial charge on any atom is 0.0887 e. The molecule has 0 atom stereocenters. The van der Waals surface area contributed by atoms with E-state index in [0.29, 0.717) is 0 Å². The standard InChI is InChI=1S/C19H18N2/c1-2-3-12-21-18-11-7-4-8-14(18)13-17-19(21)15-9-5-6-10-16(15)20-17/h4-11,13H,2-3,12H2,1H3. The van der Waals surface area contributed by atoms with Gasteiger partial charge in [-0.05, 0) is 24.6 Å². The summed E-state index contributed by atoms with van der Waals surface area (Å²) in [6, 6.07) is 19.3. The molecule has 2 nitrogen and oxygen atoms in total. The van der Waals surface area contributed by atoms with Gasteiger partial charge in [0.15, 0.2) is 0 Å². The molecule has 4 rings (SSSR count). The molecule has 21 heavy (non-hydrogen) atoms. The van der Waals surface area contributed by atoms with Gasteiger partial charge in [0.2, 0.25) is 0 Å². The number of rotatable bonds is 3. The summed E-state index contributed by atoms with van der Waals surface area (Å²) < 4.78 is 2.45. The highest BCUT2D eigenvalue weighted by atomic mass is 15.0. The van der Waals surface area contributed by atoms with Gasteiger partial charge in [-0.2, -0.15) is 0 Å². The van der Waals surface area contributed by atoms with Crippen LogP contribution in [0.5, 0.6) is 0 Å². The number of hydrogen-bond donors (Lipinski definition) is 0. The zero-order valence-corrected chi connectivity index (χ0v) is 12.2. The summed E-state index contributed by atoms with van der Waals surface area (Å²) in [5.74, 6) is 0. The molecule has 104 valence electrons. The van der Waals surface area contributed by atoms with Crippen LogP contribution in [0, 0.1) is 0 Å². The normalized spacial score (nSPS) is 11.7. The quantitative estimate of drug-likeness (QED) is 0.508. The van der Waals surface area contributed by atoms with Crippen LogP contribution in [0.4, 0.5) is 0 Å². The van der Waals surface area contributed by atoms with E-state index in [4.69, 9.17) is 4.98 Å². The SMILES string of the molecule is CCCCn1c2c3ccccc3nc-2cc2ccccc21. The van der Waals surface area contributed by atoms with Crippen LogP contribution in [0.15, 0.2) is 54.6 Å². The second-order valence-corrected chi connectivity index (χ2v) is 5.57. The van der Waals surface area contributed by atoms with E-state index in [0.717, 1.165) is 17.8 Å². The summed E-state index contributed by atoms with van der Waals surface area (Å²) in [6.07, 6.45) is 2.39. The lowest BCUT2D eigenvalue weighted by Gasteiger charge is -2.16. The van der Waals surface area contributed by atoms with Crippen molar-refractivity contribution in [2.75, 3.05) is 0 Å². The van der Waals surface area contributed by atoms with Gasteiger partial charge in [0, 0.05) is 22.8 Å². The molecule has 0 spiro atoms. The van der Waals surface area contributed by atoms with Crippen molar-refractivity contribution in [3.05, 3.63) is 54.6 Å². The van der Waals surface area contributed by atoms with Crippen LogP contribution in [0.25, 0.3) is 33.2 Å². The Balaban J connectivity index is 2.14. The first-order valence-corrected chi connectivity index (χ1v) is 7.65. The molecule has 2 heterocycles. The minimum Gasteiger partial charge on any atom is -0.339 e. The first kappa shape index (κ1) is 12.4. The average molecular weight is 274 g/mol. The number of fused-ring (bicyclic) bond motifs is 4. The topological polar surface area (TPSA) is 17.8 Å². The van der Waals surface area contributed by atoms with E-state index < -0.39 is 0 Å². The van der Waals surface area contributed by atoms with Crippen molar-refractivity contribution >= 4 is 21.8 Å². The fraction of sp³-hybridized carbons (Fsp3) is 0.211. The van der Waals surface area contributed by atoms with E-state index in [1.54, 1.807) is 0 Å². The van der Waals surface area contributed by atoms with Crippen LogP contribution >= 0.6 is 0 Å². The Hall–Kier alpha value is -2.35. The van der Waals surface area contributed by atoms with E-state index in [9.17, 15) is 0 Å². The molecule has 0 aliphatic carbocycles. The van der Waals surface area contributed by atoms with E-state index in [1.807, 2.05) is 0 Å². The van der Waals surface area contributed by atoms with Crippen LogP contribution in [-0.4, -0.2) is 9.55 Å². The van der Waals surface area contributed by atoms with Crippen molar-refractivity contribution in [2.45, 2.75) is 26.3 Å². The highest BCUT2D eigenvalue weighted by molar-refractivity contribution is 6.00. The molecule has 2 heteroatoms. The molecular formula is C19H18N2. The highest BCUT2D eigenvalue weighted by Gasteiger charge is 2.17. The van der Waals surface area contributed by atoms with Gasteiger partial charge in [0.05, 0.1) is 16.9 Å². The van der Waals surface area contributed by atoms with E-state index in [2.05, 4.69) is 66.1 Å². The van der Waals surface area contributed by atoms with Crippen molar-refractivity contribution < 1.29 is 0 Å². The van der Waals surface area contributed by atoms with Gasteiger partial charge in [0.1, 0.15) is 0 Å². The molecule has 0 saturated heterocycles. The summed E-state index contributed by atoms with van der Waals surface area (Å²) in [5.41, 5.74) is 4.77. The molecule has 0 bridgehead atoms. The number of pyridine rings is 1. The Kier molecular flexibility index (Phi) is 2.88. The minimum atomic E-state index is 1.05. The first-order valence-electron chi connectivity index (χ1n) is 7.65. The van der Waals surface area contributed by atoms with Crippen molar-refractivity contribution in [3.8, 4) is 11.4 Å². The van der Waals surface area contributed by atoms with E-state index in [-0.39, 0.29) is 0 Å². The Bertz CT molecular complexity index is 889. The van der Waals surface area contributed by atoms with Gasteiger partial charge in [-0.1, -0.05) is 49.7 Å². The minimum absolute atomic E-state index is 1.05. The lowest BCUT2D eigenvalue weighted by atomic mass is 10.1. The van der Waals surface area contributed by atoms with Crippen molar-refractivity contribution in [2.24, 2.45) is 0 Å². The van der Waals surface area contributed by atoms with Crippen molar-refractivity contribution in [1.29, 1.82) is 0 Å². The first-order chi connectivity index (χ1) is 10.4. The summed E-state index contributed by atoms with van der Waals surface area (Å²) >= 11 is 0. The Morgan fingerprint density at radius 3 is 2.71 bits per heavy atom. The molecular weight excluding hydrogens is 256 g/mol. The van der Waals surface area contributed by atoms with Crippen LogP contribution in [0.2, 0.25) is 0 Å². The van der Waals surface area contributed by atoms with Crippen LogP contribution in [0.3, 0.4) is 0 Å². The Morgan fingerprint density at radius 1 is 1.00 bits per heavy atom. The third kappa shape index (κ3) is 1.90. The van der Waals surface area contributed by atoms with Gasteiger partial charge in [-0.3, -0.25) is 0 Å². The third-order valence-corrected chi connectivity index (χ3v) is 4.17. The predicted octanol–water partition coefficient (Wildman–Crippen LogP) is 5.09. The smallest absolute Gasteiger partial charge is 0.0887 e.